The molecule has 3 aromatic rings. The minimum Gasteiger partial charge on any atom is -0.507 e. The van der Waals surface area contributed by atoms with Crippen molar-refractivity contribution in [1.29, 1.82) is 0 Å². The topological polar surface area (TPSA) is 57.6 Å². The Labute approximate surface area is 185 Å². The van der Waals surface area contributed by atoms with Crippen LogP contribution in [0.3, 0.4) is 0 Å². The van der Waals surface area contributed by atoms with E-state index in [1.807, 2.05) is 0 Å². The molecule has 0 spiro atoms. The highest BCUT2D eigenvalue weighted by molar-refractivity contribution is 9.10. The Morgan fingerprint density at radius 2 is 1.67 bits per heavy atom. The van der Waals surface area contributed by atoms with Gasteiger partial charge in [0.25, 0.3) is 11.7 Å². The van der Waals surface area contributed by atoms with E-state index in [0.29, 0.717) is 21.8 Å². The second-order valence-corrected chi connectivity index (χ2v) is 8.06. The molecule has 1 heterocycles. The minimum absolute atomic E-state index is 0.0751. The van der Waals surface area contributed by atoms with Crippen LogP contribution in [-0.2, 0) is 9.59 Å². The molecule has 0 radical (unpaired) electrons. The highest BCUT2D eigenvalue weighted by Crippen LogP contribution is 2.42. The van der Waals surface area contributed by atoms with Gasteiger partial charge in [0, 0.05) is 20.7 Å². The highest BCUT2D eigenvalue weighted by Gasteiger charge is 2.47. The number of anilines is 1. The Kier molecular flexibility index (Phi) is 5.45. The van der Waals surface area contributed by atoms with Crippen LogP contribution in [0.25, 0.3) is 5.76 Å². The van der Waals surface area contributed by atoms with Crippen LogP contribution in [-0.4, -0.2) is 16.8 Å². The molecule has 0 bridgehead atoms. The summed E-state index contributed by atoms with van der Waals surface area (Å²) in [5.74, 6) is -2.39. The van der Waals surface area contributed by atoms with Crippen molar-refractivity contribution in [3.63, 3.8) is 0 Å². The third kappa shape index (κ3) is 3.64. The van der Waals surface area contributed by atoms with Crippen molar-refractivity contribution < 1.29 is 19.1 Å². The number of ketones is 1. The smallest absolute Gasteiger partial charge is 0.300 e. The summed E-state index contributed by atoms with van der Waals surface area (Å²) in [5, 5.41) is 11.4. The van der Waals surface area contributed by atoms with Gasteiger partial charge >= 0.3 is 0 Å². The summed E-state index contributed by atoms with van der Waals surface area (Å²) in [5.41, 5.74) is 1.19. The van der Waals surface area contributed by atoms with Crippen molar-refractivity contribution in [3.8, 4) is 0 Å². The molecular weight excluding hydrogens is 473 g/mol. The molecule has 1 atom stereocenters. The van der Waals surface area contributed by atoms with Gasteiger partial charge in [0.2, 0.25) is 0 Å². The van der Waals surface area contributed by atoms with Crippen LogP contribution in [0.4, 0.5) is 10.1 Å². The maximum atomic E-state index is 13.5. The molecule has 1 fully saturated rings. The number of aliphatic hydroxyl groups excluding tert-OH is 1. The number of hydrogen-bond acceptors (Lipinski definition) is 3. The van der Waals surface area contributed by atoms with E-state index in [9.17, 15) is 19.1 Å². The molecule has 150 valence electrons. The maximum absolute atomic E-state index is 13.5. The predicted molar refractivity (Wildman–Crippen MR) is 117 cm³/mol. The molecule has 7 heteroatoms. The fourth-order valence-corrected chi connectivity index (χ4v) is 3.90. The van der Waals surface area contributed by atoms with E-state index in [1.165, 1.54) is 29.2 Å². The number of carbonyl (C=O) groups is 2. The zero-order valence-corrected chi connectivity index (χ0v) is 17.7. The van der Waals surface area contributed by atoms with Crippen LogP contribution in [0, 0.1) is 5.82 Å². The van der Waals surface area contributed by atoms with Crippen LogP contribution in [0.1, 0.15) is 17.2 Å². The fraction of sp³-hybridized carbons (Fsp3) is 0.0435. The summed E-state index contributed by atoms with van der Waals surface area (Å²) < 4.78 is 14.3. The van der Waals surface area contributed by atoms with Gasteiger partial charge in [-0.05, 0) is 48.0 Å². The predicted octanol–water partition coefficient (Wildman–Crippen LogP) is 5.87. The molecule has 1 unspecified atom stereocenters. The Morgan fingerprint density at radius 1 is 1.00 bits per heavy atom. The van der Waals surface area contributed by atoms with E-state index in [1.54, 1.807) is 48.5 Å². The normalized spacial score (nSPS) is 18.1. The van der Waals surface area contributed by atoms with Gasteiger partial charge in [-0.15, -0.1) is 0 Å². The van der Waals surface area contributed by atoms with Gasteiger partial charge in [-0.3, -0.25) is 14.5 Å². The first-order valence-electron chi connectivity index (χ1n) is 8.95. The lowest BCUT2D eigenvalue weighted by atomic mass is 9.95. The van der Waals surface area contributed by atoms with E-state index in [2.05, 4.69) is 15.9 Å². The number of hydrogen-bond donors (Lipinski definition) is 1. The van der Waals surface area contributed by atoms with Gasteiger partial charge in [-0.25, -0.2) is 4.39 Å². The number of carbonyl (C=O) groups excluding carboxylic acids is 2. The second-order valence-electron chi connectivity index (χ2n) is 6.71. The van der Waals surface area contributed by atoms with Gasteiger partial charge in [-0.2, -0.15) is 0 Å². The molecule has 3 aromatic carbocycles. The monoisotopic (exact) mass is 485 g/mol. The molecule has 0 aliphatic carbocycles. The van der Waals surface area contributed by atoms with Gasteiger partial charge in [-0.1, -0.05) is 57.9 Å². The van der Waals surface area contributed by atoms with Crippen molar-refractivity contribution >= 4 is 50.7 Å². The standard InChI is InChI=1S/C23H14BrClFNO3/c24-15-8-4-14(5-9-15)21(28)19-20(13-6-10-17(26)11-7-13)27(23(30)22(19)29)18-3-1-2-16(25)12-18/h1-12,20,28H/b21-19+. The first kappa shape index (κ1) is 20.3. The average Bonchev–Trinajstić information content (AvgIpc) is 2.99. The van der Waals surface area contributed by atoms with Crippen molar-refractivity contribution in [3.05, 3.63) is 105 Å². The fourth-order valence-electron chi connectivity index (χ4n) is 3.45. The average molecular weight is 487 g/mol. The largest absolute Gasteiger partial charge is 0.507 e. The zero-order chi connectivity index (χ0) is 21.4. The first-order valence-corrected chi connectivity index (χ1v) is 10.1. The third-order valence-electron chi connectivity index (χ3n) is 4.83. The molecule has 1 saturated heterocycles. The molecule has 1 amide bonds. The quantitative estimate of drug-likeness (QED) is 0.286. The van der Waals surface area contributed by atoms with E-state index in [0.717, 1.165) is 4.47 Å². The van der Waals surface area contributed by atoms with E-state index in [4.69, 9.17) is 11.6 Å². The van der Waals surface area contributed by atoms with Crippen LogP contribution >= 0.6 is 27.5 Å². The van der Waals surface area contributed by atoms with Crippen molar-refractivity contribution in [2.45, 2.75) is 6.04 Å². The molecule has 30 heavy (non-hydrogen) atoms. The number of aliphatic hydroxyl groups is 1. The lowest BCUT2D eigenvalue weighted by Crippen LogP contribution is -2.29. The number of nitrogens with zero attached hydrogens (tertiary/aromatic N) is 1. The molecule has 1 N–H and O–H groups in total. The van der Waals surface area contributed by atoms with Gasteiger partial charge in [0.1, 0.15) is 11.6 Å². The Bertz CT molecular complexity index is 1180. The summed E-state index contributed by atoms with van der Waals surface area (Å²) in [6.07, 6.45) is 0. The summed E-state index contributed by atoms with van der Waals surface area (Å²) in [6.45, 7) is 0. The van der Waals surface area contributed by atoms with E-state index < -0.39 is 23.5 Å². The Hall–Kier alpha value is -2.96. The number of Topliss-reactive ketones (excluding diaryl/α,β-unsaturated/α-hetero) is 1. The summed E-state index contributed by atoms with van der Waals surface area (Å²) >= 11 is 9.42. The second kappa shape index (κ2) is 8.05. The van der Waals surface area contributed by atoms with Crippen molar-refractivity contribution in [2.75, 3.05) is 4.90 Å². The maximum Gasteiger partial charge on any atom is 0.300 e. The Morgan fingerprint density at radius 3 is 2.30 bits per heavy atom. The van der Waals surface area contributed by atoms with Crippen LogP contribution in [0.15, 0.2) is 82.8 Å². The minimum atomic E-state index is -0.937. The van der Waals surface area contributed by atoms with Crippen LogP contribution in [0.2, 0.25) is 5.02 Å². The van der Waals surface area contributed by atoms with E-state index in [-0.39, 0.29) is 11.3 Å². The zero-order valence-electron chi connectivity index (χ0n) is 15.4. The molecule has 0 saturated carbocycles. The summed E-state index contributed by atoms with van der Waals surface area (Å²) in [6, 6.07) is 17.7. The molecular formula is C23H14BrClFNO3. The molecule has 0 aromatic heterocycles. The van der Waals surface area contributed by atoms with Gasteiger partial charge in [0.05, 0.1) is 11.6 Å². The van der Waals surface area contributed by atoms with Gasteiger partial charge in [0.15, 0.2) is 0 Å². The molecule has 4 rings (SSSR count). The lowest BCUT2D eigenvalue weighted by Gasteiger charge is -2.25. The first-order chi connectivity index (χ1) is 14.4. The molecule has 1 aliphatic heterocycles. The van der Waals surface area contributed by atoms with Crippen molar-refractivity contribution in [1.82, 2.24) is 0 Å². The lowest BCUT2D eigenvalue weighted by molar-refractivity contribution is -0.132. The number of benzene rings is 3. The molecule has 4 nitrogen and oxygen atoms in total. The van der Waals surface area contributed by atoms with Crippen molar-refractivity contribution in [2.24, 2.45) is 0 Å². The van der Waals surface area contributed by atoms with Gasteiger partial charge < -0.3 is 5.11 Å². The highest BCUT2D eigenvalue weighted by atomic mass is 79.9. The number of rotatable bonds is 3. The molecule has 1 aliphatic rings. The van der Waals surface area contributed by atoms with Crippen LogP contribution < -0.4 is 4.90 Å². The Balaban J connectivity index is 1.95. The summed E-state index contributed by atoms with van der Waals surface area (Å²) in [7, 11) is 0. The van der Waals surface area contributed by atoms with E-state index >= 15 is 0 Å². The SMILES string of the molecule is O=C1C(=O)N(c2cccc(Cl)c2)C(c2ccc(F)cc2)/C1=C(\O)c1ccc(Br)cc1. The third-order valence-corrected chi connectivity index (χ3v) is 5.60. The number of halogens is 3. The number of amides is 1. The summed E-state index contributed by atoms with van der Waals surface area (Å²) in [4.78, 5) is 27.2. The van der Waals surface area contributed by atoms with Crippen LogP contribution in [0.5, 0.6) is 0 Å².